The van der Waals surface area contributed by atoms with Crippen LogP contribution in [0.2, 0.25) is 0 Å². The molecule has 2 aliphatic heterocycles. The van der Waals surface area contributed by atoms with E-state index in [9.17, 15) is 24.6 Å². The van der Waals surface area contributed by atoms with Crippen molar-refractivity contribution < 1.29 is 24.6 Å². The number of rotatable bonds is 7. The average molecular weight is 388 g/mol. The van der Waals surface area contributed by atoms with Gasteiger partial charge in [-0.15, -0.1) is 0 Å². The normalized spacial score (nSPS) is 29.6. The Kier molecular flexibility index (Phi) is 5.48. The smallest absolute Gasteiger partial charge is 0.324 e. The summed E-state index contributed by atoms with van der Waals surface area (Å²) in [4.78, 5) is 40.0. The second-order valence-electron chi connectivity index (χ2n) is 8.24. The van der Waals surface area contributed by atoms with E-state index in [4.69, 9.17) is 0 Å². The summed E-state index contributed by atoms with van der Waals surface area (Å²) in [6, 6.07) is 5.84. The predicted molar refractivity (Wildman–Crippen MR) is 102 cm³/mol. The summed E-state index contributed by atoms with van der Waals surface area (Å²) in [6.45, 7) is 6.06. The lowest BCUT2D eigenvalue weighted by Gasteiger charge is -2.32. The number of unbranched alkanes of at least 4 members (excludes halogenated alkanes) is 1. The van der Waals surface area contributed by atoms with Crippen LogP contribution in [0.3, 0.4) is 0 Å². The zero-order chi connectivity index (χ0) is 20.6. The Labute approximate surface area is 164 Å². The lowest BCUT2D eigenvalue weighted by Crippen LogP contribution is -2.56. The number of phenols is 1. The number of likely N-dealkylation sites (tertiary alicyclic amines) is 1. The molecule has 0 spiro atoms. The third kappa shape index (κ3) is 3.07. The number of imide groups is 1. The topological polar surface area (TPSA) is 107 Å². The fourth-order valence-electron chi connectivity index (χ4n) is 4.73. The number of carbonyl (C=O) groups excluding carboxylic acids is 2. The molecule has 1 aromatic carbocycles. The van der Waals surface area contributed by atoms with E-state index in [-0.39, 0.29) is 24.0 Å². The van der Waals surface area contributed by atoms with Crippen LogP contribution in [0, 0.1) is 17.8 Å². The Morgan fingerprint density at radius 1 is 1.25 bits per heavy atom. The Morgan fingerprint density at radius 2 is 1.93 bits per heavy atom. The maximum atomic E-state index is 13.2. The third-order valence-electron chi connectivity index (χ3n) is 5.86. The summed E-state index contributed by atoms with van der Waals surface area (Å²) in [6.07, 6.45) is 1.72. The summed E-state index contributed by atoms with van der Waals surface area (Å²) < 4.78 is 0. The number of carboxylic acid groups (broad SMARTS) is 1. The molecule has 152 valence electrons. The van der Waals surface area contributed by atoms with E-state index in [1.165, 1.54) is 11.0 Å². The van der Waals surface area contributed by atoms with Crippen LogP contribution in [0.4, 0.5) is 0 Å². The van der Waals surface area contributed by atoms with Crippen LogP contribution in [-0.2, 0) is 14.4 Å². The van der Waals surface area contributed by atoms with E-state index in [1.54, 1.807) is 18.2 Å². The number of fused-ring (bicyclic) bond motifs is 1. The monoisotopic (exact) mass is 388 g/mol. The Bertz CT molecular complexity index is 793. The van der Waals surface area contributed by atoms with Crippen LogP contribution in [0.1, 0.15) is 51.6 Å². The molecule has 3 rings (SSSR count). The molecule has 0 unspecified atom stereocenters. The van der Waals surface area contributed by atoms with E-state index in [1.807, 2.05) is 20.8 Å². The molecule has 7 nitrogen and oxygen atoms in total. The van der Waals surface area contributed by atoms with Crippen molar-refractivity contribution >= 4 is 17.8 Å². The number of phenolic OH excluding ortho intramolecular Hbond substituents is 1. The quantitative estimate of drug-likeness (QED) is 0.619. The number of benzene rings is 1. The van der Waals surface area contributed by atoms with Crippen molar-refractivity contribution in [3.63, 3.8) is 0 Å². The molecule has 28 heavy (non-hydrogen) atoms. The maximum absolute atomic E-state index is 13.2. The zero-order valence-electron chi connectivity index (χ0n) is 16.5. The fraction of sp³-hybridized carbons (Fsp3) is 0.571. The molecule has 2 aliphatic rings. The van der Waals surface area contributed by atoms with Gasteiger partial charge in [0.05, 0.1) is 11.8 Å². The summed E-state index contributed by atoms with van der Waals surface area (Å²) in [5.41, 5.74) is -1.10. The van der Waals surface area contributed by atoms with Gasteiger partial charge >= 0.3 is 5.97 Å². The number of nitrogens with zero attached hydrogens (tertiary/aromatic N) is 1. The van der Waals surface area contributed by atoms with Crippen molar-refractivity contribution in [2.45, 2.75) is 51.6 Å². The van der Waals surface area contributed by atoms with Gasteiger partial charge in [-0.05, 0) is 24.8 Å². The van der Waals surface area contributed by atoms with E-state index in [2.05, 4.69) is 5.32 Å². The van der Waals surface area contributed by atoms with Gasteiger partial charge in [0.2, 0.25) is 11.8 Å². The molecule has 2 fully saturated rings. The number of hydrogen-bond acceptors (Lipinski definition) is 5. The van der Waals surface area contributed by atoms with E-state index >= 15 is 0 Å². The molecule has 0 aliphatic carbocycles. The number of carbonyl (C=O) groups is 3. The summed E-state index contributed by atoms with van der Waals surface area (Å²) in [5.74, 6) is -3.74. The fourth-order valence-corrected chi connectivity index (χ4v) is 4.73. The molecular weight excluding hydrogens is 360 g/mol. The lowest BCUT2D eigenvalue weighted by molar-refractivity contribution is -0.152. The number of carboxylic acids is 1. The van der Waals surface area contributed by atoms with E-state index in [0.29, 0.717) is 18.5 Å². The SMILES string of the molecule is CCCCN1C(=O)[C@@H]2[C@H](c3ccccc3O)N[C@@](CC(C)C)(C(=O)O)[C@H]2C1=O. The molecule has 3 N–H and O–H groups in total. The molecule has 0 radical (unpaired) electrons. The van der Waals surface area contributed by atoms with Gasteiger partial charge in [0.15, 0.2) is 0 Å². The van der Waals surface area contributed by atoms with Crippen LogP contribution in [-0.4, -0.2) is 45.0 Å². The molecule has 2 heterocycles. The first-order chi connectivity index (χ1) is 13.2. The van der Waals surface area contributed by atoms with Gasteiger partial charge in [-0.1, -0.05) is 45.4 Å². The minimum Gasteiger partial charge on any atom is -0.508 e. The van der Waals surface area contributed by atoms with Gasteiger partial charge in [-0.3, -0.25) is 24.6 Å². The number of aromatic hydroxyl groups is 1. The second kappa shape index (κ2) is 7.54. The minimum absolute atomic E-state index is 0.0000332. The van der Waals surface area contributed by atoms with Gasteiger partial charge in [0, 0.05) is 18.2 Å². The second-order valence-corrected chi connectivity index (χ2v) is 8.24. The number of para-hydroxylation sites is 1. The maximum Gasteiger partial charge on any atom is 0.324 e. The summed E-state index contributed by atoms with van der Waals surface area (Å²) in [7, 11) is 0. The van der Waals surface area contributed by atoms with E-state index < -0.39 is 35.3 Å². The van der Waals surface area contributed by atoms with Crippen molar-refractivity contribution in [1.82, 2.24) is 10.2 Å². The molecule has 2 saturated heterocycles. The first kappa shape index (κ1) is 20.3. The van der Waals surface area contributed by atoms with Gasteiger partial charge < -0.3 is 10.2 Å². The minimum atomic E-state index is -1.54. The number of amides is 2. The van der Waals surface area contributed by atoms with Crippen molar-refractivity contribution in [2.75, 3.05) is 6.54 Å². The van der Waals surface area contributed by atoms with Crippen LogP contribution < -0.4 is 5.32 Å². The van der Waals surface area contributed by atoms with Crippen molar-refractivity contribution in [2.24, 2.45) is 17.8 Å². The third-order valence-corrected chi connectivity index (χ3v) is 5.86. The van der Waals surface area contributed by atoms with Gasteiger partial charge in [-0.25, -0.2) is 0 Å². The first-order valence-corrected chi connectivity index (χ1v) is 9.88. The highest BCUT2D eigenvalue weighted by Crippen LogP contribution is 2.52. The molecule has 4 atom stereocenters. The Morgan fingerprint density at radius 3 is 2.50 bits per heavy atom. The Hall–Kier alpha value is -2.41. The molecule has 1 aromatic rings. The Balaban J connectivity index is 2.12. The summed E-state index contributed by atoms with van der Waals surface area (Å²) >= 11 is 0. The number of nitrogens with one attached hydrogen (secondary N) is 1. The number of aliphatic carboxylic acids is 1. The van der Waals surface area contributed by atoms with Gasteiger partial charge in [0.1, 0.15) is 11.3 Å². The highest BCUT2D eigenvalue weighted by atomic mass is 16.4. The van der Waals surface area contributed by atoms with Crippen LogP contribution >= 0.6 is 0 Å². The molecule has 0 bridgehead atoms. The largest absolute Gasteiger partial charge is 0.508 e. The van der Waals surface area contributed by atoms with E-state index in [0.717, 1.165) is 6.42 Å². The van der Waals surface area contributed by atoms with Crippen molar-refractivity contribution in [1.29, 1.82) is 0 Å². The molecule has 0 saturated carbocycles. The number of hydrogen-bond donors (Lipinski definition) is 3. The molecule has 0 aromatic heterocycles. The molecule has 7 heteroatoms. The summed E-state index contributed by atoms with van der Waals surface area (Å²) in [5, 5.41) is 23.6. The predicted octanol–water partition coefficient (Wildman–Crippen LogP) is 2.31. The van der Waals surface area contributed by atoms with Gasteiger partial charge in [-0.2, -0.15) is 0 Å². The van der Waals surface area contributed by atoms with Crippen LogP contribution in [0.25, 0.3) is 0 Å². The zero-order valence-corrected chi connectivity index (χ0v) is 16.5. The van der Waals surface area contributed by atoms with Gasteiger partial charge in [0.25, 0.3) is 0 Å². The molecule has 2 amide bonds. The van der Waals surface area contributed by atoms with Crippen LogP contribution in [0.15, 0.2) is 24.3 Å². The first-order valence-electron chi connectivity index (χ1n) is 9.88. The lowest BCUT2D eigenvalue weighted by atomic mass is 9.75. The van der Waals surface area contributed by atoms with Crippen molar-refractivity contribution in [3.8, 4) is 5.75 Å². The molecular formula is C21H28N2O5. The van der Waals surface area contributed by atoms with Crippen molar-refractivity contribution in [3.05, 3.63) is 29.8 Å². The average Bonchev–Trinajstić information content (AvgIpc) is 3.09. The highest BCUT2D eigenvalue weighted by molar-refractivity contribution is 6.09. The van der Waals surface area contributed by atoms with Crippen LogP contribution in [0.5, 0.6) is 5.75 Å². The standard InChI is InChI=1S/C21H28N2O5/c1-4-5-10-23-18(25)15-16(19(23)26)21(20(27)28,11-12(2)3)22-17(15)13-8-6-7-9-14(13)24/h6-9,12,15-17,22,24H,4-5,10-11H2,1-3H3,(H,27,28)/t15-,16+,17-,21+/m0/s1. The highest BCUT2D eigenvalue weighted by Gasteiger charge is 2.68.